The lowest BCUT2D eigenvalue weighted by Gasteiger charge is -1.96. The molecular weight excluding hydrogens is 306 g/mol. The summed E-state index contributed by atoms with van der Waals surface area (Å²) in [4.78, 5) is 14.7. The summed E-state index contributed by atoms with van der Waals surface area (Å²) in [6, 6.07) is 3.85. The van der Waals surface area contributed by atoms with Gasteiger partial charge in [-0.1, -0.05) is 0 Å². The SMILES string of the molecule is Cc1nnc(N/N=C\c2ccc(Br)s2)[nH]c1=O. The number of anilines is 1. The third-order valence-electron chi connectivity index (χ3n) is 1.82. The van der Waals surface area contributed by atoms with Gasteiger partial charge in [-0.3, -0.25) is 9.78 Å². The molecule has 0 atom stereocenters. The third kappa shape index (κ3) is 3.21. The lowest BCUT2D eigenvalue weighted by Crippen LogP contribution is -2.15. The number of aromatic amines is 1. The van der Waals surface area contributed by atoms with Crippen molar-refractivity contribution in [2.75, 3.05) is 5.43 Å². The first-order valence-electron chi connectivity index (χ1n) is 4.63. The molecule has 0 aliphatic rings. The standard InChI is InChI=1S/C9H8BrN5OS/c1-5-8(16)12-9(15-13-5)14-11-4-6-2-3-7(10)17-6/h2-4H,1H3,(H2,12,14,15,16)/b11-4-. The van der Waals surface area contributed by atoms with E-state index in [0.717, 1.165) is 8.66 Å². The lowest BCUT2D eigenvalue weighted by molar-refractivity contribution is 0.897. The molecule has 17 heavy (non-hydrogen) atoms. The van der Waals surface area contributed by atoms with Crippen molar-refractivity contribution in [2.45, 2.75) is 6.92 Å². The largest absolute Gasteiger partial charge is 0.288 e. The van der Waals surface area contributed by atoms with Crippen molar-refractivity contribution in [3.8, 4) is 0 Å². The molecule has 0 aliphatic carbocycles. The molecule has 0 spiro atoms. The van der Waals surface area contributed by atoms with Gasteiger partial charge in [0.2, 0.25) is 5.95 Å². The predicted molar refractivity (Wildman–Crippen MR) is 70.6 cm³/mol. The molecule has 0 unspecified atom stereocenters. The highest BCUT2D eigenvalue weighted by atomic mass is 79.9. The molecule has 88 valence electrons. The van der Waals surface area contributed by atoms with Gasteiger partial charge in [0.15, 0.2) is 0 Å². The number of nitrogens with one attached hydrogen (secondary N) is 2. The van der Waals surface area contributed by atoms with Crippen molar-refractivity contribution < 1.29 is 0 Å². The summed E-state index contributed by atoms with van der Waals surface area (Å²) < 4.78 is 1.03. The molecule has 0 fully saturated rings. The molecule has 2 aromatic heterocycles. The highest BCUT2D eigenvalue weighted by Gasteiger charge is 1.98. The summed E-state index contributed by atoms with van der Waals surface area (Å²) >= 11 is 4.90. The number of nitrogens with zero attached hydrogens (tertiary/aromatic N) is 3. The van der Waals surface area contributed by atoms with Crippen molar-refractivity contribution in [2.24, 2.45) is 5.10 Å². The summed E-state index contributed by atoms with van der Waals surface area (Å²) in [5.74, 6) is 0.215. The van der Waals surface area contributed by atoms with E-state index < -0.39 is 0 Å². The first kappa shape index (κ1) is 11.9. The van der Waals surface area contributed by atoms with E-state index in [1.807, 2.05) is 12.1 Å². The minimum atomic E-state index is -0.281. The Balaban J connectivity index is 2.04. The van der Waals surface area contributed by atoms with E-state index in [9.17, 15) is 4.79 Å². The quantitative estimate of drug-likeness (QED) is 0.668. The average molecular weight is 314 g/mol. The fourth-order valence-electron chi connectivity index (χ4n) is 0.998. The number of thiophene rings is 1. The number of hydrogen-bond acceptors (Lipinski definition) is 6. The summed E-state index contributed by atoms with van der Waals surface area (Å²) in [5.41, 5.74) is 2.64. The van der Waals surface area contributed by atoms with Crippen molar-refractivity contribution in [1.29, 1.82) is 0 Å². The number of H-pyrrole nitrogens is 1. The van der Waals surface area contributed by atoms with Gasteiger partial charge in [0, 0.05) is 4.88 Å². The molecule has 0 aliphatic heterocycles. The Morgan fingerprint density at radius 2 is 2.35 bits per heavy atom. The van der Waals surface area contributed by atoms with Crippen LogP contribution in [0.3, 0.4) is 0 Å². The Hall–Kier alpha value is -1.54. The maximum atomic E-state index is 11.2. The van der Waals surface area contributed by atoms with Gasteiger partial charge in [-0.05, 0) is 35.0 Å². The van der Waals surface area contributed by atoms with Crippen LogP contribution in [0.15, 0.2) is 25.8 Å². The molecule has 0 amide bonds. The van der Waals surface area contributed by atoms with Crippen LogP contribution in [0.2, 0.25) is 0 Å². The fourth-order valence-corrected chi connectivity index (χ4v) is 2.29. The topological polar surface area (TPSA) is 83.0 Å². The zero-order chi connectivity index (χ0) is 12.3. The van der Waals surface area contributed by atoms with E-state index in [4.69, 9.17) is 0 Å². The fraction of sp³-hybridized carbons (Fsp3) is 0.111. The second-order valence-corrected chi connectivity index (χ2v) is 5.59. The van der Waals surface area contributed by atoms with Crippen LogP contribution in [0.4, 0.5) is 5.95 Å². The van der Waals surface area contributed by atoms with E-state index in [-0.39, 0.29) is 11.5 Å². The molecule has 8 heteroatoms. The van der Waals surface area contributed by atoms with Gasteiger partial charge in [0.25, 0.3) is 5.56 Å². The van der Waals surface area contributed by atoms with Crippen molar-refractivity contribution in [1.82, 2.24) is 15.2 Å². The van der Waals surface area contributed by atoms with E-state index >= 15 is 0 Å². The van der Waals surface area contributed by atoms with E-state index in [0.29, 0.717) is 5.69 Å². The van der Waals surface area contributed by atoms with Gasteiger partial charge >= 0.3 is 0 Å². The molecule has 2 N–H and O–H groups in total. The lowest BCUT2D eigenvalue weighted by atomic mass is 10.5. The number of aromatic nitrogens is 3. The Morgan fingerprint density at radius 3 is 3.00 bits per heavy atom. The van der Waals surface area contributed by atoms with Gasteiger partial charge in [-0.25, -0.2) is 5.43 Å². The number of halogens is 1. The van der Waals surface area contributed by atoms with Crippen LogP contribution in [0.1, 0.15) is 10.6 Å². The van der Waals surface area contributed by atoms with E-state index in [2.05, 4.69) is 41.6 Å². The zero-order valence-electron chi connectivity index (χ0n) is 8.77. The highest BCUT2D eigenvalue weighted by Crippen LogP contribution is 2.20. The number of hydrogen-bond donors (Lipinski definition) is 2. The highest BCUT2D eigenvalue weighted by molar-refractivity contribution is 9.11. The van der Waals surface area contributed by atoms with Gasteiger partial charge in [-0.2, -0.15) is 5.10 Å². The minimum Gasteiger partial charge on any atom is -0.288 e. The van der Waals surface area contributed by atoms with Crippen LogP contribution in [-0.4, -0.2) is 21.4 Å². The van der Waals surface area contributed by atoms with E-state index in [1.54, 1.807) is 24.5 Å². The summed E-state index contributed by atoms with van der Waals surface area (Å²) in [5, 5.41) is 11.4. The monoisotopic (exact) mass is 313 g/mol. The number of rotatable bonds is 3. The minimum absolute atomic E-state index is 0.215. The van der Waals surface area contributed by atoms with Crippen LogP contribution >= 0.6 is 27.3 Å². The Kier molecular flexibility index (Phi) is 3.64. The molecule has 0 radical (unpaired) electrons. The average Bonchev–Trinajstić information content (AvgIpc) is 2.70. The van der Waals surface area contributed by atoms with Gasteiger partial charge in [0.1, 0.15) is 5.69 Å². The zero-order valence-corrected chi connectivity index (χ0v) is 11.2. The maximum Gasteiger partial charge on any atom is 0.274 e. The van der Waals surface area contributed by atoms with Gasteiger partial charge in [-0.15, -0.1) is 21.5 Å². The molecule has 2 heterocycles. The van der Waals surface area contributed by atoms with Crippen molar-refractivity contribution in [3.63, 3.8) is 0 Å². The van der Waals surface area contributed by atoms with Crippen LogP contribution in [0, 0.1) is 6.92 Å². The van der Waals surface area contributed by atoms with Crippen LogP contribution in [0.25, 0.3) is 0 Å². The van der Waals surface area contributed by atoms with Crippen molar-refractivity contribution >= 4 is 39.4 Å². The van der Waals surface area contributed by atoms with Gasteiger partial charge < -0.3 is 0 Å². The predicted octanol–water partition coefficient (Wildman–Crippen LogP) is 1.74. The summed E-state index contributed by atoms with van der Waals surface area (Å²) in [7, 11) is 0. The molecule has 0 aromatic carbocycles. The second kappa shape index (κ2) is 5.19. The summed E-state index contributed by atoms with van der Waals surface area (Å²) in [6.45, 7) is 1.59. The normalized spacial score (nSPS) is 10.9. The molecule has 6 nitrogen and oxygen atoms in total. The molecule has 0 saturated heterocycles. The smallest absolute Gasteiger partial charge is 0.274 e. The molecule has 0 saturated carbocycles. The van der Waals surface area contributed by atoms with Crippen molar-refractivity contribution in [3.05, 3.63) is 36.8 Å². The Morgan fingerprint density at radius 1 is 1.53 bits per heavy atom. The van der Waals surface area contributed by atoms with Crippen LogP contribution < -0.4 is 11.0 Å². The van der Waals surface area contributed by atoms with Crippen LogP contribution in [-0.2, 0) is 0 Å². The Labute approximate surface area is 109 Å². The Bertz CT molecular complexity index is 605. The third-order valence-corrected chi connectivity index (χ3v) is 3.37. The van der Waals surface area contributed by atoms with E-state index in [1.165, 1.54) is 0 Å². The van der Waals surface area contributed by atoms with Crippen LogP contribution in [0.5, 0.6) is 0 Å². The second-order valence-electron chi connectivity index (χ2n) is 3.10. The van der Waals surface area contributed by atoms with Gasteiger partial charge in [0.05, 0.1) is 10.0 Å². The molecule has 2 aromatic rings. The molecule has 0 bridgehead atoms. The number of aryl methyl sites for hydroxylation is 1. The number of hydrazone groups is 1. The molecular formula is C9H8BrN5OS. The summed E-state index contributed by atoms with van der Waals surface area (Å²) in [6.07, 6.45) is 1.63. The molecule has 2 rings (SSSR count). The first-order chi connectivity index (χ1) is 8.15. The first-order valence-corrected chi connectivity index (χ1v) is 6.24. The maximum absolute atomic E-state index is 11.2.